The number of nitrogens with zero attached hydrogens (tertiary/aromatic N) is 1. The summed E-state index contributed by atoms with van der Waals surface area (Å²) in [7, 11) is 0. The standard InChI is InChI=1S/C13H15N3OS2/c17-13(15-3-1-10-6-14-8-16-10)12-5-9-7-18-4-2-11(9)19-12/h5-6,8H,1-4,7H2,(H,14,16)(H,15,17). The third kappa shape index (κ3) is 3.01. The number of aryl methyl sites for hydroxylation is 1. The van der Waals surface area contributed by atoms with Gasteiger partial charge >= 0.3 is 0 Å². The minimum absolute atomic E-state index is 0.0453. The molecule has 0 atom stereocenters. The van der Waals surface area contributed by atoms with Crippen LogP contribution in [0, 0.1) is 0 Å². The molecule has 2 aromatic rings. The van der Waals surface area contributed by atoms with Gasteiger partial charge in [0.15, 0.2) is 0 Å². The van der Waals surface area contributed by atoms with Crippen molar-refractivity contribution in [2.45, 2.75) is 18.6 Å². The van der Waals surface area contributed by atoms with Crippen molar-refractivity contribution in [3.05, 3.63) is 39.6 Å². The lowest BCUT2D eigenvalue weighted by atomic mass is 10.2. The number of carbonyl (C=O) groups is 1. The first kappa shape index (κ1) is 12.7. The molecule has 3 heterocycles. The fourth-order valence-electron chi connectivity index (χ4n) is 2.08. The second-order valence-electron chi connectivity index (χ2n) is 4.44. The molecule has 4 nitrogen and oxygen atoms in total. The number of aromatic nitrogens is 2. The quantitative estimate of drug-likeness (QED) is 0.909. The molecule has 1 amide bonds. The van der Waals surface area contributed by atoms with Gasteiger partial charge in [0.1, 0.15) is 0 Å². The lowest BCUT2D eigenvalue weighted by molar-refractivity contribution is 0.0958. The maximum atomic E-state index is 12.1. The van der Waals surface area contributed by atoms with Crippen LogP contribution in [0.3, 0.4) is 0 Å². The van der Waals surface area contributed by atoms with E-state index in [9.17, 15) is 4.79 Å². The van der Waals surface area contributed by atoms with Gasteiger partial charge in [-0.05, 0) is 23.8 Å². The first-order chi connectivity index (χ1) is 9.33. The molecule has 1 aliphatic rings. The second-order valence-corrected chi connectivity index (χ2v) is 6.69. The van der Waals surface area contributed by atoms with Gasteiger partial charge in [0.2, 0.25) is 0 Å². The van der Waals surface area contributed by atoms with Crippen molar-refractivity contribution in [2.24, 2.45) is 0 Å². The van der Waals surface area contributed by atoms with Crippen molar-refractivity contribution in [3.63, 3.8) is 0 Å². The Balaban J connectivity index is 1.56. The van der Waals surface area contributed by atoms with Gasteiger partial charge < -0.3 is 10.3 Å². The van der Waals surface area contributed by atoms with Crippen LogP contribution >= 0.6 is 23.1 Å². The Morgan fingerprint density at radius 3 is 3.26 bits per heavy atom. The van der Waals surface area contributed by atoms with E-state index in [1.165, 1.54) is 16.2 Å². The van der Waals surface area contributed by atoms with Crippen molar-refractivity contribution in [1.82, 2.24) is 15.3 Å². The van der Waals surface area contributed by atoms with Crippen LogP contribution in [0.25, 0.3) is 0 Å². The number of hydrogen-bond acceptors (Lipinski definition) is 4. The Labute approximate surface area is 120 Å². The molecule has 19 heavy (non-hydrogen) atoms. The molecular formula is C13H15N3OS2. The van der Waals surface area contributed by atoms with E-state index < -0.39 is 0 Å². The van der Waals surface area contributed by atoms with E-state index in [1.807, 2.05) is 11.8 Å². The molecular weight excluding hydrogens is 278 g/mol. The number of fused-ring (bicyclic) bond motifs is 1. The molecule has 6 heteroatoms. The number of carbonyl (C=O) groups excluding carboxylic acids is 1. The van der Waals surface area contributed by atoms with E-state index in [0.29, 0.717) is 6.54 Å². The Bertz CT molecular complexity index is 539. The van der Waals surface area contributed by atoms with E-state index in [-0.39, 0.29) is 5.91 Å². The number of nitrogens with one attached hydrogen (secondary N) is 2. The Kier molecular flexibility index (Phi) is 3.89. The van der Waals surface area contributed by atoms with Crippen molar-refractivity contribution in [3.8, 4) is 0 Å². The Hall–Kier alpha value is -1.27. The smallest absolute Gasteiger partial charge is 0.261 e. The number of amides is 1. The van der Waals surface area contributed by atoms with E-state index in [0.717, 1.165) is 29.2 Å². The molecule has 3 rings (SSSR count). The van der Waals surface area contributed by atoms with Crippen molar-refractivity contribution < 1.29 is 4.79 Å². The zero-order chi connectivity index (χ0) is 13.1. The summed E-state index contributed by atoms with van der Waals surface area (Å²) in [5.41, 5.74) is 2.39. The number of rotatable bonds is 4. The topological polar surface area (TPSA) is 57.8 Å². The highest BCUT2D eigenvalue weighted by Gasteiger charge is 2.17. The minimum Gasteiger partial charge on any atom is -0.351 e. The largest absolute Gasteiger partial charge is 0.351 e. The lowest BCUT2D eigenvalue weighted by Gasteiger charge is -2.08. The van der Waals surface area contributed by atoms with E-state index in [4.69, 9.17) is 0 Å². The number of H-pyrrole nitrogens is 1. The third-order valence-electron chi connectivity index (χ3n) is 3.09. The maximum absolute atomic E-state index is 12.1. The predicted molar refractivity (Wildman–Crippen MR) is 78.8 cm³/mol. The molecule has 0 saturated carbocycles. The van der Waals surface area contributed by atoms with Crippen molar-refractivity contribution in [2.75, 3.05) is 12.3 Å². The fourth-order valence-corrected chi connectivity index (χ4v) is 4.37. The van der Waals surface area contributed by atoms with Crippen LogP contribution in [-0.4, -0.2) is 28.2 Å². The minimum atomic E-state index is 0.0453. The van der Waals surface area contributed by atoms with Gasteiger partial charge in [-0.1, -0.05) is 0 Å². The zero-order valence-corrected chi connectivity index (χ0v) is 12.1. The average Bonchev–Trinajstić information content (AvgIpc) is 3.07. The van der Waals surface area contributed by atoms with E-state index >= 15 is 0 Å². The normalized spacial score (nSPS) is 14.1. The summed E-state index contributed by atoms with van der Waals surface area (Å²) in [5, 5.41) is 2.96. The molecule has 0 radical (unpaired) electrons. The molecule has 0 aromatic carbocycles. The number of hydrogen-bond donors (Lipinski definition) is 2. The Morgan fingerprint density at radius 2 is 2.47 bits per heavy atom. The van der Waals surface area contributed by atoms with E-state index in [1.54, 1.807) is 23.9 Å². The molecule has 100 valence electrons. The van der Waals surface area contributed by atoms with Crippen LogP contribution in [0.15, 0.2) is 18.6 Å². The highest BCUT2D eigenvalue weighted by Crippen LogP contribution is 2.31. The van der Waals surface area contributed by atoms with Crippen LogP contribution in [0.2, 0.25) is 0 Å². The number of aromatic amines is 1. The molecule has 0 saturated heterocycles. The molecule has 0 spiro atoms. The molecule has 0 fully saturated rings. The predicted octanol–water partition coefficient (Wildman–Crippen LogP) is 2.23. The molecule has 0 unspecified atom stereocenters. The summed E-state index contributed by atoms with van der Waals surface area (Å²) in [6, 6.07) is 2.05. The van der Waals surface area contributed by atoms with Crippen LogP contribution in [0.1, 0.15) is 25.8 Å². The van der Waals surface area contributed by atoms with Gasteiger partial charge in [-0.25, -0.2) is 4.98 Å². The number of thiophene rings is 1. The highest BCUT2D eigenvalue weighted by atomic mass is 32.2. The van der Waals surface area contributed by atoms with Crippen LogP contribution in [-0.2, 0) is 18.6 Å². The molecule has 0 aliphatic carbocycles. The number of imidazole rings is 1. The highest BCUT2D eigenvalue weighted by molar-refractivity contribution is 7.98. The van der Waals surface area contributed by atoms with Gasteiger partial charge in [0, 0.05) is 35.5 Å². The Morgan fingerprint density at radius 1 is 1.53 bits per heavy atom. The number of thioether (sulfide) groups is 1. The SMILES string of the molecule is O=C(NCCc1cnc[nH]1)c1cc2c(s1)CCSC2. The van der Waals surface area contributed by atoms with Gasteiger partial charge in [0.25, 0.3) is 5.91 Å². The molecule has 1 aliphatic heterocycles. The lowest BCUT2D eigenvalue weighted by Crippen LogP contribution is -2.24. The third-order valence-corrected chi connectivity index (χ3v) is 5.33. The molecule has 0 bridgehead atoms. The van der Waals surface area contributed by atoms with Crippen LogP contribution < -0.4 is 5.32 Å². The maximum Gasteiger partial charge on any atom is 0.261 e. The van der Waals surface area contributed by atoms with Gasteiger partial charge in [-0.2, -0.15) is 11.8 Å². The van der Waals surface area contributed by atoms with E-state index in [2.05, 4.69) is 21.4 Å². The average molecular weight is 293 g/mol. The summed E-state index contributed by atoms with van der Waals surface area (Å²) in [4.78, 5) is 21.3. The van der Waals surface area contributed by atoms with Gasteiger partial charge in [0.05, 0.1) is 11.2 Å². The summed E-state index contributed by atoms with van der Waals surface area (Å²) in [5.74, 6) is 2.27. The molecule has 2 aromatic heterocycles. The summed E-state index contributed by atoms with van der Waals surface area (Å²) >= 11 is 3.59. The fraction of sp³-hybridized carbons (Fsp3) is 0.385. The summed E-state index contributed by atoms with van der Waals surface area (Å²) < 4.78 is 0. The van der Waals surface area contributed by atoms with Crippen LogP contribution in [0.5, 0.6) is 0 Å². The van der Waals surface area contributed by atoms with Crippen molar-refractivity contribution >= 4 is 29.0 Å². The first-order valence-electron chi connectivity index (χ1n) is 6.28. The van der Waals surface area contributed by atoms with Gasteiger partial charge in [-0.3, -0.25) is 4.79 Å². The summed E-state index contributed by atoms with van der Waals surface area (Å²) in [6.45, 7) is 0.637. The first-order valence-corrected chi connectivity index (χ1v) is 8.25. The van der Waals surface area contributed by atoms with Crippen molar-refractivity contribution in [1.29, 1.82) is 0 Å². The molecule has 2 N–H and O–H groups in total. The monoisotopic (exact) mass is 293 g/mol. The van der Waals surface area contributed by atoms with Gasteiger partial charge in [-0.15, -0.1) is 11.3 Å². The summed E-state index contributed by atoms with van der Waals surface area (Å²) in [6.07, 6.45) is 5.33. The zero-order valence-electron chi connectivity index (χ0n) is 10.4. The second kappa shape index (κ2) is 5.79. The van der Waals surface area contributed by atoms with Crippen LogP contribution in [0.4, 0.5) is 0 Å².